The highest BCUT2D eigenvalue weighted by atomic mass is 14.9. The van der Waals surface area contributed by atoms with E-state index >= 15 is 0 Å². The van der Waals surface area contributed by atoms with Crippen LogP contribution in [-0.4, -0.2) is 12.6 Å². The minimum atomic E-state index is 0.609. The number of rotatable bonds is 8. The molecule has 15 heavy (non-hydrogen) atoms. The van der Waals surface area contributed by atoms with Crippen molar-refractivity contribution in [1.82, 2.24) is 5.32 Å². The lowest BCUT2D eigenvalue weighted by Crippen LogP contribution is -2.23. The van der Waals surface area contributed by atoms with Crippen LogP contribution in [0.1, 0.15) is 60.3 Å². The van der Waals surface area contributed by atoms with E-state index in [2.05, 4.69) is 46.0 Å². The smallest absolute Gasteiger partial charge is 0.00105 e. The molecule has 1 unspecified atom stereocenters. The fourth-order valence-corrected chi connectivity index (χ4v) is 1.92. The Morgan fingerprint density at radius 1 is 1.27 bits per heavy atom. The van der Waals surface area contributed by atoms with Crippen molar-refractivity contribution in [1.29, 1.82) is 0 Å². The van der Waals surface area contributed by atoms with Crippen molar-refractivity contribution >= 4 is 0 Å². The van der Waals surface area contributed by atoms with Crippen molar-refractivity contribution in [2.24, 2.45) is 5.92 Å². The van der Waals surface area contributed by atoms with Crippen LogP contribution in [0, 0.1) is 5.92 Å². The van der Waals surface area contributed by atoms with Gasteiger partial charge in [-0.25, -0.2) is 0 Å². The van der Waals surface area contributed by atoms with E-state index in [0.717, 1.165) is 12.5 Å². The van der Waals surface area contributed by atoms with E-state index < -0.39 is 0 Å². The summed E-state index contributed by atoms with van der Waals surface area (Å²) >= 11 is 0. The molecule has 0 heterocycles. The molecule has 0 aliphatic carbocycles. The molecule has 0 aromatic heterocycles. The summed E-state index contributed by atoms with van der Waals surface area (Å²) in [7, 11) is 0. The molecule has 0 aliphatic heterocycles. The summed E-state index contributed by atoms with van der Waals surface area (Å²) in [5.74, 6) is 0.851. The summed E-state index contributed by atoms with van der Waals surface area (Å²) < 4.78 is 0. The predicted octanol–water partition coefficient (Wildman–Crippen LogP) is 4.15. The lowest BCUT2D eigenvalue weighted by atomic mass is 9.97. The van der Waals surface area contributed by atoms with E-state index in [4.69, 9.17) is 0 Å². The van der Waals surface area contributed by atoms with E-state index in [1.54, 1.807) is 5.57 Å². The molecule has 0 radical (unpaired) electrons. The largest absolute Gasteiger partial charge is 0.314 e. The second-order valence-electron chi connectivity index (χ2n) is 5.05. The van der Waals surface area contributed by atoms with Gasteiger partial charge in [0, 0.05) is 6.04 Å². The number of hydrogen-bond donors (Lipinski definition) is 1. The van der Waals surface area contributed by atoms with Crippen LogP contribution >= 0.6 is 0 Å². The second-order valence-corrected chi connectivity index (χ2v) is 5.05. The van der Waals surface area contributed by atoms with Gasteiger partial charge in [-0.2, -0.15) is 0 Å². The highest BCUT2D eigenvalue weighted by Crippen LogP contribution is 2.15. The van der Waals surface area contributed by atoms with Crippen LogP contribution in [0.4, 0.5) is 0 Å². The van der Waals surface area contributed by atoms with Crippen LogP contribution in [-0.2, 0) is 0 Å². The lowest BCUT2D eigenvalue weighted by Gasteiger charge is -2.10. The normalized spacial score (nSPS) is 14.7. The van der Waals surface area contributed by atoms with Gasteiger partial charge in [0.05, 0.1) is 0 Å². The minimum absolute atomic E-state index is 0.609. The van der Waals surface area contributed by atoms with Gasteiger partial charge in [0.25, 0.3) is 0 Å². The van der Waals surface area contributed by atoms with Crippen molar-refractivity contribution in [2.45, 2.75) is 66.3 Å². The second kappa shape index (κ2) is 8.96. The first-order valence-corrected chi connectivity index (χ1v) is 6.45. The summed E-state index contributed by atoms with van der Waals surface area (Å²) in [6.07, 6.45) is 7.50. The Hall–Kier alpha value is -0.300. The third-order valence-electron chi connectivity index (χ3n) is 2.64. The predicted molar refractivity (Wildman–Crippen MR) is 70.2 cm³/mol. The molecule has 0 aliphatic rings. The summed E-state index contributed by atoms with van der Waals surface area (Å²) in [6.45, 7) is 12.4. The Kier molecular flexibility index (Phi) is 8.79. The quantitative estimate of drug-likeness (QED) is 0.470. The van der Waals surface area contributed by atoms with Crippen LogP contribution in [0.3, 0.4) is 0 Å². The zero-order chi connectivity index (χ0) is 11.7. The molecule has 90 valence electrons. The molecule has 0 aromatic rings. The SMILES string of the molecule is CCCC(C)CC(C)=CCCNC(C)C. The third-order valence-corrected chi connectivity index (χ3v) is 2.64. The van der Waals surface area contributed by atoms with Crippen LogP contribution in [0.15, 0.2) is 11.6 Å². The van der Waals surface area contributed by atoms with E-state index in [-0.39, 0.29) is 0 Å². The van der Waals surface area contributed by atoms with Gasteiger partial charge < -0.3 is 5.32 Å². The lowest BCUT2D eigenvalue weighted by molar-refractivity contribution is 0.518. The molecule has 1 atom stereocenters. The van der Waals surface area contributed by atoms with Crippen LogP contribution in [0.2, 0.25) is 0 Å². The van der Waals surface area contributed by atoms with Gasteiger partial charge in [-0.3, -0.25) is 0 Å². The van der Waals surface area contributed by atoms with Crippen molar-refractivity contribution in [3.8, 4) is 0 Å². The number of nitrogens with one attached hydrogen (secondary N) is 1. The summed E-state index contributed by atoms with van der Waals surface area (Å²) in [5, 5.41) is 3.43. The molecule has 0 saturated carbocycles. The maximum absolute atomic E-state index is 3.43. The maximum Gasteiger partial charge on any atom is 0.00105 e. The molecule has 1 nitrogen and oxygen atoms in total. The highest BCUT2D eigenvalue weighted by Gasteiger charge is 2.01. The topological polar surface area (TPSA) is 12.0 Å². The van der Waals surface area contributed by atoms with Gasteiger partial charge >= 0.3 is 0 Å². The number of allylic oxidation sites excluding steroid dienone is 1. The Bertz CT molecular complexity index is 170. The molecular formula is C14H29N. The zero-order valence-electron chi connectivity index (χ0n) is 11.3. The molecule has 0 bridgehead atoms. The molecule has 0 saturated heterocycles. The Morgan fingerprint density at radius 2 is 1.93 bits per heavy atom. The minimum Gasteiger partial charge on any atom is -0.314 e. The monoisotopic (exact) mass is 211 g/mol. The first kappa shape index (κ1) is 14.7. The molecule has 1 heteroatoms. The van der Waals surface area contributed by atoms with Crippen molar-refractivity contribution < 1.29 is 0 Å². The number of hydrogen-bond acceptors (Lipinski definition) is 1. The fraction of sp³-hybridized carbons (Fsp3) is 0.857. The summed E-state index contributed by atoms with van der Waals surface area (Å²) in [5.41, 5.74) is 1.56. The standard InChI is InChI=1S/C14H29N/c1-6-8-13(4)11-14(5)9-7-10-15-12(2)3/h9,12-13,15H,6-8,10-11H2,1-5H3. The first-order valence-electron chi connectivity index (χ1n) is 6.45. The van der Waals surface area contributed by atoms with Crippen molar-refractivity contribution in [2.75, 3.05) is 6.54 Å². The van der Waals surface area contributed by atoms with E-state index in [9.17, 15) is 0 Å². The third kappa shape index (κ3) is 9.99. The molecule has 1 N–H and O–H groups in total. The first-order chi connectivity index (χ1) is 7.06. The molecule has 0 rings (SSSR count). The Morgan fingerprint density at radius 3 is 2.47 bits per heavy atom. The maximum atomic E-state index is 3.43. The molecule has 0 fully saturated rings. The van der Waals surface area contributed by atoms with Gasteiger partial charge in [0.2, 0.25) is 0 Å². The van der Waals surface area contributed by atoms with Crippen molar-refractivity contribution in [3.05, 3.63) is 11.6 Å². The van der Waals surface area contributed by atoms with Gasteiger partial charge in [-0.05, 0) is 32.2 Å². The van der Waals surface area contributed by atoms with E-state index in [1.807, 2.05) is 0 Å². The van der Waals surface area contributed by atoms with Gasteiger partial charge in [-0.15, -0.1) is 0 Å². The molecule has 0 aromatic carbocycles. The highest BCUT2D eigenvalue weighted by molar-refractivity contribution is 4.99. The van der Waals surface area contributed by atoms with Crippen molar-refractivity contribution in [3.63, 3.8) is 0 Å². The van der Waals surface area contributed by atoms with Crippen LogP contribution in [0.25, 0.3) is 0 Å². The molecular weight excluding hydrogens is 182 g/mol. The summed E-state index contributed by atoms with van der Waals surface area (Å²) in [4.78, 5) is 0. The van der Waals surface area contributed by atoms with Gasteiger partial charge in [0.15, 0.2) is 0 Å². The van der Waals surface area contributed by atoms with Gasteiger partial charge in [-0.1, -0.05) is 52.2 Å². The molecule has 0 spiro atoms. The van der Waals surface area contributed by atoms with Gasteiger partial charge in [0.1, 0.15) is 0 Å². The Labute approximate surface area is 96.3 Å². The zero-order valence-corrected chi connectivity index (χ0v) is 11.3. The average molecular weight is 211 g/mol. The summed E-state index contributed by atoms with van der Waals surface area (Å²) in [6, 6.07) is 0.609. The average Bonchev–Trinajstić information content (AvgIpc) is 2.12. The Balaban J connectivity index is 3.60. The molecule has 0 amide bonds. The van der Waals surface area contributed by atoms with E-state index in [1.165, 1.54) is 25.7 Å². The fourth-order valence-electron chi connectivity index (χ4n) is 1.92. The van der Waals surface area contributed by atoms with E-state index in [0.29, 0.717) is 6.04 Å². The van der Waals surface area contributed by atoms with Crippen LogP contribution < -0.4 is 5.32 Å². The van der Waals surface area contributed by atoms with Crippen LogP contribution in [0.5, 0.6) is 0 Å².